The summed E-state index contributed by atoms with van der Waals surface area (Å²) in [4.78, 5) is 68.9. The van der Waals surface area contributed by atoms with Gasteiger partial charge in [-0.2, -0.15) is 0 Å². The normalized spacial score (nSPS) is 15.3. The molecule has 17 heteroatoms. The van der Waals surface area contributed by atoms with Crippen LogP contribution in [0.25, 0.3) is 0 Å². The Kier molecular flexibility index (Phi) is 16.0. The minimum absolute atomic E-state index is 0.134. The summed E-state index contributed by atoms with van der Waals surface area (Å²) in [6.45, 7) is 13.5. The van der Waals surface area contributed by atoms with Gasteiger partial charge >= 0.3 is 18.0 Å². The number of hydrogen-bond acceptors (Lipinski definition) is 13. The van der Waals surface area contributed by atoms with Gasteiger partial charge in [-0.05, 0) is 43.3 Å². The van der Waals surface area contributed by atoms with Crippen LogP contribution < -0.4 is 20.9 Å². The lowest BCUT2D eigenvalue weighted by molar-refractivity contribution is -0.151. The van der Waals surface area contributed by atoms with Crippen LogP contribution in [-0.2, 0) is 37.8 Å². The van der Waals surface area contributed by atoms with Gasteiger partial charge in [0.2, 0.25) is 5.91 Å². The number of rotatable bonds is 17. The number of piperidine rings is 1. The van der Waals surface area contributed by atoms with E-state index in [0.29, 0.717) is 44.4 Å². The Labute approximate surface area is 281 Å². The molecule has 0 bridgehead atoms. The largest absolute Gasteiger partial charge is 0.467 e. The number of nitrogens with zero attached hydrogens (tertiary/aromatic N) is 2. The van der Waals surface area contributed by atoms with Crippen LogP contribution in [0.2, 0.25) is 18.1 Å². The van der Waals surface area contributed by atoms with Gasteiger partial charge in [-0.15, -0.1) is 11.3 Å². The second-order valence-electron chi connectivity index (χ2n) is 12.8. The van der Waals surface area contributed by atoms with Gasteiger partial charge in [0.05, 0.1) is 20.3 Å². The van der Waals surface area contributed by atoms with Crippen LogP contribution in [0, 0.1) is 5.92 Å². The van der Waals surface area contributed by atoms with Crippen molar-refractivity contribution in [2.45, 2.75) is 77.2 Å². The van der Waals surface area contributed by atoms with E-state index in [9.17, 15) is 24.0 Å². The van der Waals surface area contributed by atoms with Crippen molar-refractivity contribution in [2.24, 2.45) is 5.92 Å². The van der Waals surface area contributed by atoms with Crippen LogP contribution in [0.5, 0.6) is 0 Å². The maximum atomic E-state index is 13.4. The van der Waals surface area contributed by atoms with E-state index in [4.69, 9.17) is 23.4 Å². The van der Waals surface area contributed by atoms with Gasteiger partial charge in [0.25, 0.3) is 5.91 Å². The first kappa shape index (κ1) is 39.9. The molecule has 1 saturated heterocycles. The molecule has 2 rings (SSSR count). The predicted octanol–water partition coefficient (Wildman–Crippen LogP) is 2.46. The molecule has 47 heavy (non-hydrogen) atoms. The molecule has 1 aliphatic heterocycles. The van der Waals surface area contributed by atoms with E-state index >= 15 is 0 Å². The van der Waals surface area contributed by atoms with Crippen molar-refractivity contribution in [1.82, 2.24) is 20.9 Å². The predicted molar refractivity (Wildman–Crippen MR) is 178 cm³/mol. The first-order chi connectivity index (χ1) is 22.1. The molecule has 2 atom stereocenters. The molecule has 1 aromatic rings. The standard InChI is InChI=1S/C30H51N5O10SSi/c1-20(36)43-17-23(27(39)42-6)33-25(37)22(18-45-47(7,8)30(2,3)4)32-26(38)24-19-46-28(34-24)35-13-10-21(11-14-35)16-44-29(40)31-12-9-15-41-5/h19,21-23H,9-18H2,1-8H3,(H,31,40)(H,32,38)(H,33,37)/t22-,23-/m0/s1. The van der Waals surface area contributed by atoms with Gasteiger partial charge in [0, 0.05) is 45.7 Å². The second kappa shape index (κ2) is 18.9. The van der Waals surface area contributed by atoms with Gasteiger partial charge in [0.1, 0.15) is 18.3 Å². The van der Waals surface area contributed by atoms with Crippen molar-refractivity contribution < 1.29 is 47.3 Å². The summed E-state index contributed by atoms with van der Waals surface area (Å²) in [7, 11) is 0.422. The number of carbonyl (C=O) groups is 5. The highest BCUT2D eigenvalue weighted by Gasteiger charge is 2.39. The highest BCUT2D eigenvalue weighted by Crippen LogP contribution is 2.36. The third-order valence-corrected chi connectivity index (χ3v) is 13.6. The van der Waals surface area contributed by atoms with Crippen LogP contribution in [0.1, 0.15) is 57.4 Å². The first-order valence-electron chi connectivity index (χ1n) is 15.6. The third-order valence-electron chi connectivity index (χ3n) is 8.15. The van der Waals surface area contributed by atoms with E-state index in [-0.39, 0.29) is 23.3 Å². The van der Waals surface area contributed by atoms with Crippen molar-refractivity contribution in [3.63, 3.8) is 0 Å². The molecule has 3 amide bonds. The van der Waals surface area contributed by atoms with E-state index < -0.39 is 56.9 Å². The summed E-state index contributed by atoms with van der Waals surface area (Å²) >= 11 is 1.31. The zero-order valence-electron chi connectivity index (χ0n) is 28.8. The summed E-state index contributed by atoms with van der Waals surface area (Å²) in [6, 6.07) is -2.46. The molecule has 0 saturated carbocycles. The lowest BCUT2D eigenvalue weighted by atomic mass is 9.98. The minimum Gasteiger partial charge on any atom is -0.467 e. The molecule has 1 aromatic heterocycles. The van der Waals surface area contributed by atoms with Crippen molar-refractivity contribution in [2.75, 3.05) is 65.2 Å². The molecule has 0 aliphatic carbocycles. The lowest BCUT2D eigenvalue weighted by Crippen LogP contribution is -2.56. The molecule has 0 aromatic carbocycles. The molecule has 1 aliphatic rings. The summed E-state index contributed by atoms with van der Waals surface area (Å²) in [5, 5.41) is 10.0. The van der Waals surface area contributed by atoms with Crippen LogP contribution in [0.4, 0.5) is 9.93 Å². The summed E-state index contributed by atoms with van der Waals surface area (Å²) in [5.74, 6) is -2.51. The third kappa shape index (κ3) is 13.4. The highest BCUT2D eigenvalue weighted by atomic mass is 32.1. The summed E-state index contributed by atoms with van der Waals surface area (Å²) in [5.41, 5.74) is 0.134. The quantitative estimate of drug-likeness (QED) is 0.0935. The molecule has 0 unspecified atom stereocenters. The van der Waals surface area contributed by atoms with Crippen molar-refractivity contribution in [1.29, 1.82) is 0 Å². The number of nitrogens with one attached hydrogen (secondary N) is 3. The maximum Gasteiger partial charge on any atom is 0.407 e. The summed E-state index contributed by atoms with van der Waals surface area (Å²) in [6.07, 6.45) is 1.86. The fourth-order valence-corrected chi connectivity index (χ4v) is 6.04. The topological polar surface area (TPSA) is 184 Å². The van der Waals surface area contributed by atoms with Crippen molar-refractivity contribution >= 4 is 54.6 Å². The molecule has 15 nitrogen and oxygen atoms in total. The van der Waals surface area contributed by atoms with Gasteiger partial charge in [-0.3, -0.25) is 14.4 Å². The number of thiazole rings is 1. The number of hydrogen-bond donors (Lipinski definition) is 3. The monoisotopic (exact) mass is 701 g/mol. The Morgan fingerprint density at radius 1 is 1.04 bits per heavy atom. The fourth-order valence-electron chi connectivity index (χ4n) is 4.16. The Morgan fingerprint density at radius 3 is 2.32 bits per heavy atom. The molecule has 1 fully saturated rings. The fraction of sp³-hybridized carbons (Fsp3) is 0.733. The number of esters is 2. The minimum atomic E-state index is -2.34. The number of carbonyl (C=O) groups excluding carboxylic acids is 5. The Balaban J connectivity index is 2.04. The van der Waals surface area contributed by atoms with Crippen molar-refractivity contribution in [3.8, 4) is 0 Å². The van der Waals surface area contributed by atoms with E-state index in [1.54, 1.807) is 12.5 Å². The van der Waals surface area contributed by atoms with E-state index in [1.165, 1.54) is 18.3 Å². The van der Waals surface area contributed by atoms with E-state index in [0.717, 1.165) is 20.0 Å². The second-order valence-corrected chi connectivity index (χ2v) is 18.4. The summed E-state index contributed by atoms with van der Waals surface area (Å²) < 4.78 is 26.2. The van der Waals surface area contributed by atoms with Crippen LogP contribution in [-0.4, -0.2) is 116 Å². The maximum absolute atomic E-state index is 13.4. The average molecular weight is 702 g/mol. The Hall–Kier alpha value is -3.28. The molecular weight excluding hydrogens is 651 g/mol. The molecule has 2 heterocycles. The van der Waals surface area contributed by atoms with Crippen LogP contribution in [0.3, 0.4) is 0 Å². The number of amides is 3. The zero-order valence-corrected chi connectivity index (χ0v) is 30.6. The van der Waals surface area contributed by atoms with E-state index in [2.05, 4.69) is 46.6 Å². The van der Waals surface area contributed by atoms with Gasteiger partial charge in [-0.1, -0.05) is 20.8 Å². The highest BCUT2D eigenvalue weighted by molar-refractivity contribution is 7.13. The smallest absolute Gasteiger partial charge is 0.407 e. The number of alkyl carbamates (subject to hydrolysis) is 1. The molecule has 0 radical (unpaired) electrons. The van der Waals surface area contributed by atoms with Gasteiger partial charge in [0.15, 0.2) is 19.5 Å². The molecule has 266 valence electrons. The van der Waals surface area contributed by atoms with Gasteiger partial charge < -0.3 is 44.2 Å². The number of ether oxygens (including phenoxy) is 4. The average Bonchev–Trinajstić information content (AvgIpc) is 3.52. The zero-order chi connectivity index (χ0) is 35.2. The molecule has 0 spiro atoms. The molecular formula is C30H51N5O10SSi. The molecule has 3 N–H and O–H groups in total. The van der Waals surface area contributed by atoms with Crippen molar-refractivity contribution in [3.05, 3.63) is 11.1 Å². The Morgan fingerprint density at radius 2 is 1.72 bits per heavy atom. The van der Waals surface area contributed by atoms with Gasteiger partial charge in [-0.25, -0.2) is 14.6 Å². The number of methoxy groups -OCH3 is 2. The first-order valence-corrected chi connectivity index (χ1v) is 19.4. The van der Waals surface area contributed by atoms with Crippen LogP contribution >= 0.6 is 11.3 Å². The number of aromatic nitrogens is 1. The van der Waals surface area contributed by atoms with Crippen LogP contribution in [0.15, 0.2) is 5.38 Å². The SMILES string of the molecule is COCCCNC(=O)OCC1CCN(c2nc(C(=O)N[C@@H](CO[Si](C)(C)C(C)(C)C)C(=O)N[C@@H](COC(C)=O)C(=O)OC)cs2)CC1. The Bertz CT molecular complexity index is 1200. The lowest BCUT2D eigenvalue weighted by Gasteiger charge is -2.37. The number of anilines is 1. The van der Waals surface area contributed by atoms with E-state index in [1.807, 2.05) is 13.1 Å².